The van der Waals surface area contributed by atoms with E-state index in [9.17, 15) is 9.59 Å². The van der Waals surface area contributed by atoms with Crippen molar-refractivity contribution >= 4 is 11.8 Å². The molecule has 0 aliphatic carbocycles. The first-order valence-electron chi connectivity index (χ1n) is 6.07. The largest absolute Gasteiger partial charge is 0.496 e. The molecule has 2 aromatic rings. The number of benzene rings is 1. The van der Waals surface area contributed by atoms with E-state index in [0.29, 0.717) is 11.3 Å². The van der Waals surface area contributed by atoms with Crippen LogP contribution < -0.4 is 4.74 Å². The first-order valence-corrected chi connectivity index (χ1v) is 6.07. The number of hydrogen-bond donors (Lipinski definition) is 1. The molecule has 0 atom stereocenters. The second kappa shape index (κ2) is 5.61. The highest BCUT2D eigenvalue weighted by Crippen LogP contribution is 2.20. The van der Waals surface area contributed by atoms with Crippen molar-refractivity contribution in [2.45, 2.75) is 6.42 Å². The standard InChI is InChI=1S/C15H15NO4/c1-16-9-11(7-12(16)15(18)19)13(17)8-10-5-3-4-6-14(10)20-2/h3-7,9H,8H2,1-2H3,(H,18,19). The van der Waals surface area contributed by atoms with Gasteiger partial charge in [-0.2, -0.15) is 0 Å². The number of aromatic nitrogens is 1. The van der Waals surface area contributed by atoms with Crippen molar-refractivity contribution in [3.63, 3.8) is 0 Å². The van der Waals surface area contributed by atoms with E-state index in [0.717, 1.165) is 5.56 Å². The molecule has 5 heteroatoms. The summed E-state index contributed by atoms with van der Waals surface area (Å²) in [4.78, 5) is 23.2. The van der Waals surface area contributed by atoms with Crippen molar-refractivity contribution < 1.29 is 19.4 Å². The van der Waals surface area contributed by atoms with Gasteiger partial charge >= 0.3 is 5.97 Å². The van der Waals surface area contributed by atoms with E-state index in [4.69, 9.17) is 9.84 Å². The van der Waals surface area contributed by atoms with Gasteiger partial charge in [-0.15, -0.1) is 0 Å². The van der Waals surface area contributed by atoms with Crippen LogP contribution in [0.2, 0.25) is 0 Å². The molecule has 0 saturated carbocycles. The number of rotatable bonds is 5. The number of aryl methyl sites for hydroxylation is 1. The maximum atomic E-state index is 12.2. The van der Waals surface area contributed by atoms with Gasteiger partial charge in [0.1, 0.15) is 11.4 Å². The van der Waals surface area contributed by atoms with Crippen molar-refractivity contribution in [3.05, 3.63) is 53.3 Å². The molecule has 0 aliphatic rings. The van der Waals surface area contributed by atoms with E-state index in [-0.39, 0.29) is 17.9 Å². The first kappa shape index (κ1) is 13.9. The number of ether oxygens (including phenoxy) is 1. The zero-order chi connectivity index (χ0) is 14.7. The van der Waals surface area contributed by atoms with Crippen molar-refractivity contribution in [2.24, 2.45) is 7.05 Å². The Kier molecular flexibility index (Phi) is 3.89. The highest BCUT2D eigenvalue weighted by atomic mass is 16.5. The summed E-state index contributed by atoms with van der Waals surface area (Å²) in [5, 5.41) is 8.98. The first-order chi connectivity index (χ1) is 9.52. The normalized spacial score (nSPS) is 10.3. The molecule has 0 fully saturated rings. The van der Waals surface area contributed by atoms with E-state index in [1.54, 1.807) is 20.2 Å². The minimum Gasteiger partial charge on any atom is -0.496 e. The lowest BCUT2D eigenvalue weighted by Gasteiger charge is -2.06. The SMILES string of the molecule is COc1ccccc1CC(=O)c1cc(C(=O)O)n(C)c1. The van der Waals surface area contributed by atoms with Crippen LogP contribution in [-0.2, 0) is 13.5 Å². The Morgan fingerprint density at radius 1 is 1.30 bits per heavy atom. The van der Waals surface area contributed by atoms with E-state index in [1.165, 1.54) is 16.8 Å². The van der Waals surface area contributed by atoms with Crippen LogP contribution in [0.3, 0.4) is 0 Å². The van der Waals surface area contributed by atoms with Crippen molar-refractivity contribution in [1.29, 1.82) is 0 Å². The fourth-order valence-corrected chi connectivity index (χ4v) is 2.05. The van der Waals surface area contributed by atoms with Crippen molar-refractivity contribution in [3.8, 4) is 5.75 Å². The molecule has 2 rings (SSSR count). The maximum Gasteiger partial charge on any atom is 0.352 e. The van der Waals surface area contributed by atoms with Crippen molar-refractivity contribution in [1.82, 2.24) is 4.57 Å². The summed E-state index contributed by atoms with van der Waals surface area (Å²) in [6, 6.07) is 8.66. The number of ketones is 1. The lowest BCUT2D eigenvalue weighted by Crippen LogP contribution is -2.04. The Morgan fingerprint density at radius 2 is 2.00 bits per heavy atom. The Bertz CT molecular complexity index is 658. The van der Waals surface area contributed by atoms with Crippen LogP contribution in [0.1, 0.15) is 26.4 Å². The lowest BCUT2D eigenvalue weighted by molar-refractivity contribution is 0.0686. The number of para-hydroxylation sites is 1. The molecule has 0 amide bonds. The summed E-state index contributed by atoms with van der Waals surface area (Å²) >= 11 is 0. The molecule has 1 N–H and O–H groups in total. The quantitative estimate of drug-likeness (QED) is 0.848. The lowest BCUT2D eigenvalue weighted by atomic mass is 10.0. The van der Waals surface area contributed by atoms with Crippen molar-refractivity contribution in [2.75, 3.05) is 7.11 Å². The van der Waals surface area contributed by atoms with Crippen LogP contribution in [0.25, 0.3) is 0 Å². The fraction of sp³-hybridized carbons (Fsp3) is 0.200. The van der Waals surface area contributed by atoms with Gasteiger partial charge in [-0.1, -0.05) is 18.2 Å². The fourth-order valence-electron chi connectivity index (χ4n) is 2.05. The van der Waals surface area contributed by atoms with Crippen LogP contribution in [0, 0.1) is 0 Å². The zero-order valence-electron chi connectivity index (χ0n) is 11.3. The highest BCUT2D eigenvalue weighted by molar-refractivity contribution is 6.00. The molecule has 0 aliphatic heterocycles. The van der Waals surface area contributed by atoms with Gasteiger partial charge in [0.25, 0.3) is 0 Å². The minimum absolute atomic E-state index is 0.0911. The van der Waals surface area contributed by atoms with Gasteiger partial charge in [0.05, 0.1) is 7.11 Å². The van der Waals surface area contributed by atoms with Crippen LogP contribution in [-0.4, -0.2) is 28.5 Å². The molecule has 5 nitrogen and oxygen atoms in total. The number of hydrogen-bond acceptors (Lipinski definition) is 3. The molecular formula is C15H15NO4. The summed E-state index contributed by atoms with van der Waals surface area (Å²) in [6.45, 7) is 0. The molecule has 1 heterocycles. The van der Waals surface area contributed by atoms with E-state index in [2.05, 4.69) is 0 Å². The predicted molar refractivity (Wildman–Crippen MR) is 73.4 cm³/mol. The summed E-state index contributed by atoms with van der Waals surface area (Å²) in [7, 11) is 3.15. The van der Waals surface area contributed by atoms with Gasteiger partial charge in [0.2, 0.25) is 0 Å². The third-order valence-electron chi connectivity index (χ3n) is 3.09. The Morgan fingerprint density at radius 3 is 2.60 bits per heavy atom. The van der Waals surface area contributed by atoms with Crippen LogP contribution in [0.5, 0.6) is 5.75 Å². The Hall–Kier alpha value is -2.56. The Balaban J connectivity index is 2.24. The Labute approximate surface area is 116 Å². The monoisotopic (exact) mass is 273 g/mol. The number of Topliss-reactive ketones (excluding diaryl/α,β-unsaturated/α-hetero) is 1. The average molecular weight is 273 g/mol. The number of carboxylic acid groups (broad SMARTS) is 1. The maximum absolute atomic E-state index is 12.2. The highest BCUT2D eigenvalue weighted by Gasteiger charge is 2.16. The molecule has 1 aromatic heterocycles. The zero-order valence-corrected chi connectivity index (χ0v) is 11.3. The second-order valence-corrected chi connectivity index (χ2v) is 4.44. The third-order valence-corrected chi connectivity index (χ3v) is 3.09. The number of aromatic carboxylic acids is 1. The van der Waals surface area contributed by atoms with Gasteiger partial charge < -0.3 is 14.4 Å². The number of carbonyl (C=O) groups excluding carboxylic acids is 1. The summed E-state index contributed by atoms with van der Waals surface area (Å²) in [6.07, 6.45) is 1.70. The van der Waals surface area contributed by atoms with Gasteiger partial charge in [-0.25, -0.2) is 4.79 Å². The third kappa shape index (κ3) is 2.71. The number of methoxy groups -OCH3 is 1. The van der Waals surface area contributed by atoms with Gasteiger partial charge in [-0.3, -0.25) is 4.79 Å². The second-order valence-electron chi connectivity index (χ2n) is 4.44. The molecule has 1 aromatic carbocycles. The number of nitrogens with zero attached hydrogens (tertiary/aromatic N) is 1. The van der Waals surface area contributed by atoms with Crippen LogP contribution in [0.4, 0.5) is 0 Å². The average Bonchev–Trinajstić information content (AvgIpc) is 2.81. The summed E-state index contributed by atoms with van der Waals surface area (Å²) < 4.78 is 6.63. The summed E-state index contributed by atoms with van der Waals surface area (Å²) in [5.74, 6) is -0.545. The summed E-state index contributed by atoms with van der Waals surface area (Å²) in [5.41, 5.74) is 1.25. The molecule has 0 bridgehead atoms. The molecular weight excluding hydrogens is 258 g/mol. The molecule has 104 valence electrons. The van der Waals surface area contributed by atoms with E-state index >= 15 is 0 Å². The predicted octanol–water partition coefficient (Wildman–Crippen LogP) is 2.16. The molecule has 0 radical (unpaired) electrons. The minimum atomic E-state index is -1.05. The number of carbonyl (C=O) groups is 2. The smallest absolute Gasteiger partial charge is 0.352 e. The number of carboxylic acids is 1. The van der Waals surface area contributed by atoms with Crippen LogP contribution >= 0.6 is 0 Å². The van der Waals surface area contributed by atoms with Crippen LogP contribution in [0.15, 0.2) is 36.5 Å². The van der Waals surface area contributed by atoms with Gasteiger partial charge in [-0.05, 0) is 12.1 Å². The molecule has 0 spiro atoms. The van der Waals surface area contributed by atoms with E-state index in [1.807, 2.05) is 18.2 Å². The van der Waals surface area contributed by atoms with Gasteiger partial charge in [0, 0.05) is 30.8 Å². The molecule has 0 saturated heterocycles. The van der Waals surface area contributed by atoms with Gasteiger partial charge in [0.15, 0.2) is 5.78 Å². The molecule has 0 unspecified atom stereocenters. The molecule has 20 heavy (non-hydrogen) atoms. The van der Waals surface area contributed by atoms with E-state index < -0.39 is 5.97 Å². The topological polar surface area (TPSA) is 68.5 Å².